The molecule has 1 amide bonds. The molecule has 0 aromatic heterocycles. The number of carbonyl (C=O) groups excluding carboxylic acids is 1. The number of ether oxygens (including phenoxy) is 2. The standard InChI is InChI=1S/C23H26N2O3/c26-22(24-16-23(10-5-11-23)25-12-14-27-15-13-25)21-17-6-1-3-8-19(17)28-20-9-4-2-7-18(20)21/h1-4,6-9,21H,5,10-16H2,(H,24,26). The molecule has 146 valence electrons. The predicted molar refractivity (Wildman–Crippen MR) is 107 cm³/mol. The van der Waals surface area contributed by atoms with Crippen molar-refractivity contribution in [2.45, 2.75) is 30.7 Å². The molecule has 0 unspecified atom stereocenters. The zero-order chi connectivity index (χ0) is 19.0. The van der Waals surface area contributed by atoms with E-state index in [1.165, 1.54) is 6.42 Å². The molecule has 2 aliphatic heterocycles. The number of nitrogens with one attached hydrogen (secondary N) is 1. The van der Waals surface area contributed by atoms with Crippen LogP contribution < -0.4 is 10.1 Å². The fourth-order valence-electron chi connectivity index (χ4n) is 4.77. The van der Waals surface area contributed by atoms with E-state index in [1.54, 1.807) is 0 Å². The average Bonchev–Trinajstić information content (AvgIpc) is 2.72. The molecule has 2 fully saturated rings. The number of benzene rings is 2. The summed E-state index contributed by atoms with van der Waals surface area (Å²) in [5.41, 5.74) is 1.98. The van der Waals surface area contributed by atoms with Crippen molar-refractivity contribution in [2.24, 2.45) is 0 Å². The lowest BCUT2D eigenvalue weighted by molar-refractivity contribution is -0.123. The first kappa shape index (κ1) is 17.7. The van der Waals surface area contributed by atoms with Crippen LogP contribution in [0.3, 0.4) is 0 Å². The number of morpholine rings is 1. The van der Waals surface area contributed by atoms with Crippen LogP contribution in [0.5, 0.6) is 11.5 Å². The molecule has 2 heterocycles. The van der Waals surface area contributed by atoms with Gasteiger partial charge in [-0.2, -0.15) is 0 Å². The summed E-state index contributed by atoms with van der Waals surface area (Å²) < 4.78 is 11.5. The van der Waals surface area contributed by atoms with Crippen LogP contribution >= 0.6 is 0 Å². The van der Waals surface area contributed by atoms with E-state index in [0.29, 0.717) is 6.54 Å². The number of hydrogen-bond acceptors (Lipinski definition) is 4. The van der Waals surface area contributed by atoms with Gasteiger partial charge in [0.25, 0.3) is 0 Å². The number of amides is 1. The fourth-order valence-corrected chi connectivity index (χ4v) is 4.77. The normalized spacial score (nSPS) is 21.0. The summed E-state index contributed by atoms with van der Waals surface area (Å²) in [6.45, 7) is 4.19. The van der Waals surface area contributed by atoms with Gasteiger partial charge >= 0.3 is 0 Å². The summed E-state index contributed by atoms with van der Waals surface area (Å²) in [5, 5.41) is 3.30. The summed E-state index contributed by atoms with van der Waals surface area (Å²) in [5.74, 6) is 1.27. The van der Waals surface area contributed by atoms with E-state index in [-0.39, 0.29) is 17.4 Å². The second kappa shape index (κ2) is 7.22. The summed E-state index contributed by atoms with van der Waals surface area (Å²) in [7, 11) is 0. The lowest BCUT2D eigenvalue weighted by atomic mass is 9.74. The molecule has 1 saturated carbocycles. The van der Waals surface area contributed by atoms with Crippen LogP contribution in [-0.2, 0) is 9.53 Å². The Hall–Kier alpha value is -2.37. The highest BCUT2D eigenvalue weighted by atomic mass is 16.5. The number of carbonyl (C=O) groups is 1. The second-order valence-corrected chi connectivity index (χ2v) is 8.01. The fraction of sp³-hybridized carbons (Fsp3) is 0.435. The Labute approximate surface area is 165 Å². The molecule has 1 saturated heterocycles. The van der Waals surface area contributed by atoms with E-state index in [1.807, 2.05) is 48.5 Å². The quantitative estimate of drug-likeness (QED) is 0.887. The van der Waals surface area contributed by atoms with Crippen molar-refractivity contribution in [3.63, 3.8) is 0 Å². The molecule has 3 aliphatic rings. The highest BCUT2D eigenvalue weighted by molar-refractivity contribution is 5.89. The number of fused-ring (bicyclic) bond motifs is 2. The van der Waals surface area contributed by atoms with Gasteiger partial charge in [-0.1, -0.05) is 36.4 Å². The van der Waals surface area contributed by atoms with Crippen molar-refractivity contribution in [1.29, 1.82) is 0 Å². The van der Waals surface area contributed by atoms with Crippen molar-refractivity contribution in [1.82, 2.24) is 10.2 Å². The van der Waals surface area contributed by atoms with Crippen LogP contribution in [0.25, 0.3) is 0 Å². The Balaban J connectivity index is 1.38. The molecule has 5 rings (SSSR count). The van der Waals surface area contributed by atoms with E-state index >= 15 is 0 Å². The molecule has 5 heteroatoms. The van der Waals surface area contributed by atoms with Crippen molar-refractivity contribution >= 4 is 5.91 Å². The minimum Gasteiger partial charge on any atom is -0.457 e. The van der Waals surface area contributed by atoms with E-state index in [4.69, 9.17) is 9.47 Å². The predicted octanol–water partition coefficient (Wildman–Crippen LogP) is 3.30. The van der Waals surface area contributed by atoms with Gasteiger partial charge in [-0.3, -0.25) is 9.69 Å². The van der Waals surface area contributed by atoms with Gasteiger partial charge in [0.15, 0.2) is 0 Å². The van der Waals surface area contributed by atoms with Crippen molar-refractivity contribution in [2.75, 3.05) is 32.8 Å². The zero-order valence-electron chi connectivity index (χ0n) is 16.0. The summed E-state index contributed by atoms with van der Waals surface area (Å²) in [6, 6.07) is 15.7. The smallest absolute Gasteiger partial charge is 0.232 e. The second-order valence-electron chi connectivity index (χ2n) is 8.01. The van der Waals surface area contributed by atoms with Gasteiger partial charge in [-0.15, -0.1) is 0 Å². The van der Waals surface area contributed by atoms with E-state index in [2.05, 4.69) is 10.2 Å². The molecule has 0 bridgehead atoms. The number of para-hydroxylation sites is 2. The van der Waals surface area contributed by atoms with Crippen molar-refractivity contribution < 1.29 is 14.3 Å². The monoisotopic (exact) mass is 378 g/mol. The molecule has 0 radical (unpaired) electrons. The molecule has 5 nitrogen and oxygen atoms in total. The van der Waals surface area contributed by atoms with E-state index in [0.717, 1.165) is 61.8 Å². The van der Waals surface area contributed by atoms with Gasteiger partial charge < -0.3 is 14.8 Å². The molecule has 0 spiro atoms. The third-order valence-electron chi connectivity index (χ3n) is 6.50. The molecule has 2 aromatic rings. The minimum absolute atomic E-state index is 0.0581. The highest BCUT2D eigenvalue weighted by Gasteiger charge is 2.43. The molecular weight excluding hydrogens is 352 g/mol. The Bertz CT molecular complexity index is 826. The number of hydrogen-bond donors (Lipinski definition) is 1. The SMILES string of the molecule is O=C(NCC1(N2CCOCC2)CCC1)C1c2ccccc2Oc2ccccc21. The maximum Gasteiger partial charge on any atom is 0.232 e. The van der Waals surface area contributed by atoms with Gasteiger partial charge in [0, 0.05) is 36.3 Å². The summed E-state index contributed by atoms with van der Waals surface area (Å²) in [6.07, 6.45) is 3.53. The topological polar surface area (TPSA) is 50.8 Å². The summed E-state index contributed by atoms with van der Waals surface area (Å²) >= 11 is 0. The first-order chi connectivity index (χ1) is 13.8. The lowest BCUT2D eigenvalue weighted by Crippen LogP contribution is -2.62. The van der Waals surface area contributed by atoms with Crippen LogP contribution in [0.1, 0.15) is 36.3 Å². The molecule has 28 heavy (non-hydrogen) atoms. The van der Waals surface area contributed by atoms with Gasteiger partial charge in [-0.05, 0) is 31.4 Å². The van der Waals surface area contributed by atoms with Crippen molar-refractivity contribution in [3.8, 4) is 11.5 Å². The van der Waals surface area contributed by atoms with Crippen molar-refractivity contribution in [3.05, 3.63) is 59.7 Å². The lowest BCUT2D eigenvalue weighted by Gasteiger charge is -2.51. The molecular formula is C23H26N2O3. The maximum absolute atomic E-state index is 13.4. The zero-order valence-corrected chi connectivity index (χ0v) is 16.0. The Morgan fingerprint density at radius 3 is 2.18 bits per heavy atom. The highest BCUT2D eigenvalue weighted by Crippen LogP contribution is 2.44. The van der Waals surface area contributed by atoms with Gasteiger partial charge in [-0.25, -0.2) is 0 Å². The Kier molecular flexibility index (Phi) is 4.57. The van der Waals surface area contributed by atoms with Crippen LogP contribution in [0.4, 0.5) is 0 Å². The Morgan fingerprint density at radius 1 is 1.00 bits per heavy atom. The van der Waals surface area contributed by atoms with Gasteiger partial charge in [0.1, 0.15) is 11.5 Å². The molecule has 1 N–H and O–H groups in total. The Morgan fingerprint density at radius 2 is 1.61 bits per heavy atom. The van der Waals surface area contributed by atoms with Crippen LogP contribution in [0.2, 0.25) is 0 Å². The van der Waals surface area contributed by atoms with E-state index < -0.39 is 0 Å². The summed E-state index contributed by atoms with van der Waals surface area (Å²) in [4.78, 5) is 15.9. The van der Waals surface area contributed by atoms with E-state index in [9.17, 15) is 4.79 Å². The third kappa shape index (κ3) is 2.99. The van der Waals surface area contributed by atoms with Crippen LogP contribution in [-0.4, -0.2) is 49.2 Å². The largest absolute Gasteiger partial charge is 0.457 e. The van der Waals surface area contributed by atoms with Crippen LogP contribution in [0, 0.1) is 0 Å². The minimum atomic E-state index is -0.331. The first-order valence-corrected chi connectivity index (χ1v) is 10.2. The number of rotatable bonds is 4. The molecule has 1 aliphatic carbocycles. The average molecular weight is 378 g/mol. The van der Waals surface area contributed by atoms with Gasteiger partial charge in [0.05, 0.1) is 19.1 Å². The third-order valence-corrected chi connectivity index (χ3v) is 6.50. The maximum atomic E-state index is 13.4. The molecule has 2 aromatic carbocycles. The van der Waals surface area contributed by atoms with Crippen LogP contribution in [0.15, 0.2) is 48.5 Å². The van der Waals surface area contributed by atoms with Gasteiger partial charge in [0.2, 0.25) is 5.91 Å². The first-order valence-electron chi connectivity index (χ1n) is 10.2. The molecule has 0 atom stereocenters. The number of nitrogens with zero attached hydrogens (tertiary/aromatic N) is 1.